The maximum Gasteiger partial charge on any atom is 0.360 e. The average molecular weight is 385 g/mol. The van der Waals surface area contributed by atoms with Crippen LogP contribution in [0.5, 0.6) is 5.75 Å². The molecule has 1 aliphatic rings. The van der Waals surface area contributed by atoms with Gasteiger partial charge in [0.1, 0.15) is 5.75 Å². The molecule has 0 spiro atoms. The van der Waals surface area contributed by atoms with Gasteiger partial charge in [0.15, 0.2) is 5.69 Å². The second kappa shape index (κ2) is 9.98. The number of ether oxygens (including phenoxy) is 1. The topological polar surface area (TPSA) is 91.7 Å². The first-order chi connectivity index (χ1) is 13.7. The summed E-state index contributed by atoms with van der Waals surface area (Å²) in [7, 11) is 1.28. The Morgan fingerprint density at radius 2 is 1.86 bits per heavy atom. The van der Waals surface area contributed by atoms with Gasteiger partial charge in [0.25, 0.3) is 0 Å². The number of hydrogen-bond donors (Lipinski definition) is 1. The van der Waals surface area contributed by atoms with E-state index in [1.807, 2.05) is 6.07 Å². The Morgan fingerprint density at radius 3 is 2.57 bits per heavy atom. The van der Waals surface area contributed by atoms with Crippen LogP contribution in [-0.2, 0) is 11.2 Å². The van der Waals surface area contributed by atoms with Crippen LogP contribution >= 0.6 is 0 Å². The quantitative estimate of drug-likeness (QED) is 0.544. The Balaban J connectivity index is 1.34. The van der Waals surface area contributed by atoms with Crippen molar-refractivity contribution in [2.24, 2.45) is 0 Å². The Kier molecular flexibility index (Phi) is 7.13. The molecule has 3 rings (SSSR count). The summed E-state index contributed by atoms with van der Waals surface area (Å²) in [5.74, 6) is 0.0601. The number of carbonyl (C=O) groups is 1. The highest BCUT2D eigenvalue weighted by molar-refractivity contribution is 5.90. The van der Waals surface area contributed by atoms with Gasteiger partial charge in [-0.1, -0.05) is 6.42 Å². The van der Waals surface area contributed by atoms with E-state index in [4.69, 9.17) is 0 Å². The summed E-state index contributed by atoms with van der Waals surface area (Å²) in [6.07, 6.45) is 7.57. The first kappa shape index (κ1) is 20.0. The van der Waals surface area contributed by atoms with Gasteiger partial charge in [-0.3, -0.25) is 4.90 Å². The number of methoxy groups -OCH3 is 1. The van der Waals surface area contributed by atoms with Crippen LogP contribution in [0.3, 0.4) is 0 Å². The molecule has 0 amide bonds. The van der Waals surface area contributed by atoms with Crippen molar-refractivity contribution in [3.8, 4) is 5.75 Å². The molecule has 0 aromatic carbocycles. The summed E-state index contributed by atoms with van der Waals surface area (Å²) in [5.41, 5.74) is 0.787. The second-order valence-electron chi connectivity index (χ2n) is 6.85. The standard InChI is InChI=1S/C20H27N5O3/c1-28-19(27)18-17(26)8-7-16(23-18)6-3-2-4-11-24-12-14-25(15-13-24)20-21-9-5-10-22-20/h5,7-10,26H,2-4,6,11-15H2,1H3. The van der Waals surface area contributed by atoms with E-state index in [0.717, 1.165) is 70.0 Å². The highest BCUT2D eigenvalue weighted by atomic mass is 16.5. The van der Waals surface area contributed by atoms with E-state index in [1.165, 1.54) is 13.2 Å². The largest absolute Gasteiger partial charge is 0.505 e. The van der Waals surface area contributed by atoms with Gasteiger partial charge in [-0.2, -0.15) is 0 Å². The van der Waals surface area contributed by atoms with Gasteiger partial charge in [-0.05, 0) is 44.0 Å². The molecule has 150 valence electrons. The molecule has 2 aromatic heterocycles. The summed E-state index contributed by atoms with van der Waals surface area (Å²) in [5, 5.41) is 9.70. The first-order valence-corrected chi connectivity index (χ1v) is 9.69. The molecule has 0 radical (unpaired) electrons. The van der Waals surface area contributed by atoms with E-state index in [-0.39, 0.29) is 11.4 Å². The van der Waals surface area contributed by atoms with Crippen LogP contribution in [-0.4, -0.2) is 70.8 Å². The van der Waals surface area contributed by atoms with E-state index >= 15 is 0 Å². The van der Waals surface area contributed by atoms with Crippen LogP contribution in [0.4, 0.5) is 5.95 Å². The molecule has 0 atom stereocenters. The third-order valence-corrected chi connectivity index (χ3v) is 4.92. The molecular formula is C20H27N5O3. The lowest BCUT2D eigenvalue weighted by atomic mass is 10.1. The van der Waals surface area contributed by atoms with Gasteiger partial charge in [0.2, 0.25) is 5.95 Å². The molecule has 8 nitrogen and oxygen atoms in total. The Labute approximate surface area is 165 Å². The van der Waals surface area contributed by atoms with Crippen LogP contribution in [0.25, 0.3) is 0 Å². The van der Waals surface area contributed by atoms with Crippen LogP contribution in [0.1, 0.15) is 35.4 Å². The first-order valence-electron chi connectivity index (χ1n) is 9.69. The Bertz CT molecular complexity index is 764. The number of esters is 1. The van der Waals surface area contributed by atoms with Gasteiger partial charge in [0, 0.05) is 44.3 Å². The number of nitrogens with zero attached hydrogens (tertiary/aromatic N) is 5. The summed E-state index contributed by atoms with van der Waals surface area (Å²) >= 11 is 0. The van der Waals surface area contributed by atoms with E-state index in [0.29, 0.717) is 0 Å². The molecule has 0 bridgehead atoms. The number of aryl methyl sites for hydroxylation is 1. The minimum atomic E-state index is -0.612. The summed E-state index contributed by atoms with van der Waals surface area (Å²) in [4.78, 5) is 29.1. The van der Waals surface area contributed by atoms with E-state index in [9.17, 15) is 9.90 Å². The van der Waals surface area contributed by atoms with Crippen molar-refractivity contribution in [2.45, 2.75) is 25.7 Å². The van der Waals surface area contributed by atoms with Crippen molar-refractivity contribution in [1.29, 1.82) is 0 Å². The number of aromatic hydroxyl groups is 1. The highest BCUT2D eigenvalue weighted by Crippen LogP contribution is 2.17. The van der Waals surface area contributed by atoms with Crippen LogP contribution in [0.15, 0.2) is 30.6 Å². The zero-order valence-electron chi connectivity index (χ0n) is 16.3. The second-order valence-corrected chi connectivity index (χ2v) is 6.85. The van der Waals surface area contributed by atoms with Crippen molar-refractivity contribution in [3.05, 3.63) is 42.0 Å². The smallest absolute Gasteiger partial charge is 0.360 e. The molecule has 1 N–H and O–H groups in total. The summed E-state index contributed by atoms with van der Waals surface area (Å²) < 4.78 is 4.64. The Hall–Kier alpha value is -2.74. The van der Waals surface area contributed by atoms with Crippen LogP contribution < -0.4 is 4.90 Å². The van der Waals surface area contributed by atoms with Gasteiger partial charge in [-0.15, -0.1) is 0 Å². The minimum absolute atomic E-state index is 0.0136. The van der Waals surface area contributed by atoms with Crippen molar-refractivity contribution < 1.29 is 14.6 Å². The van der Waals surface area contributed by atoms with E-state index in [1.54, 1.807) is 18.5 Å². The number of rotatable bonds is 8. The molecule has 0 unspecified atom stereocenters. The third-order valence-electron chi connectivity index (χ3n) is 4.92. The number of aromatic nitrogens is 3. The lowest BCUT2D eigenvalue weighted by Gasteiger charge is -2.34. The van der Waals surface area contributed by atoms with Gasteiger partial charge < -0.3 is 14.7 Å². The number of hydrogen-bond acceptors (Lipinski definition) is 8. The average Bonchev–Trinajstić information content (AvgIpc) is 2.75. The summed E-state index contributed by atoms with van der Waals surface area (Å²) in [6.45, 7) is 5.05. The number of carbonyl (C=O) groups excluding carboxylic acids is 1. The molecule has 8 heteroatoms. The molecular weight excluding hydrogens is 358 g/mol. The number of unbranched alkanes of at least 4 members (excludes halogenated alkanes) is 2. The summed E-state index contributed by atoms with van der Waals surface area (Å²) in [6, 6.07) is 5.10. The fourth-order valence-corrected chi connectivity index (χ4v) is 3.32. The van der Waals surface area contributed by atoms with Crippen LogP contribution in [0.2, 0.25) is 0 Å². The molecule has 0 saturated carbocycles. The molecule has 28 heavy (non-hydrogen) atoms. The monoisotopic (exact) mass is 385 g/mol. The van der Waals surface area contributed by atoms with Crippen molar-refractivity contribution in [3.63, 3.8) is 0 Å². The predicted molar refractivity (Wildman–Crippen MR) is 105 cm³/mol. The molecule has 2 aromatic rings. The molecule has 1 aliphatic heterocycles. The number of anilines is 1. The van der Waals surface area contributed by atoms with Crippen molar-refractivity contribution in [1.82, 2.24) is 19.9 Å². The maximum absolute atomic E-state index is 11.6. The predicted octanol–water partition coefficient (Wildman–Crippen LogP) is 1.90. The highest BCUT2D eigenvalue weighted by Gasteiger charge is 2.18. The van der Waals surface area contributed by atoms with E-state index < -0.39 is 5.97 Å². The van der Waals surface area contributed by atoms with Gasteiger partial charge in [0.05, 0.1) is 7.11 Å². The van der Waals surface area contributed by atoms with E-state index in [2.05, 4.69) is 29.5 Å². The SMILES string of the molecule is COC(=O)c1nc(CCCCCN2CCN(c3ncccn3)CC2)ccc1O. The van der Waals surface area contributed by atoms with Gasteiger partial charge in [-0.25, -0.2) is 19.7 Å². The van der Waals surface area contributed by atoms with Crippen molar-refractivity contribution >= 4 is 11.9 Å². The molecule has 1 fully saturated rings. The molecule has 3 heterocycles. The number of pyridine rings is 1. The molecule has 1 saturated heterocycles. The fraction of sp³-hybridized carbons (Fsp3) is 0.500. The zero-order chi connectivity index (χ0) is 19.8. The normalized spacial score (nSPS) is 14.8. The number of piperazine rings is 1. The zero-order valence-corrected chi connectivity index (χ0v) is 16.3. The Morgan fingerprint density at radius 1 is 1.11 bits per heavy atom. The third kappa shape index (κ3) is 5.39. The fourth-order valence-electron chi connectivity index (χ4n) is 3.32. The van der Waals surface area contributed by atoms with Gasteiger partial charge >= 0.3 is 5.97 Å². The lowest BCUT2D eigenvalue weighted by Crippen LogP contribution is -2.47. The lowest BCUT2D eigenvalue weighted by molar-refractivity contribution is 0.0590. The minimum Gasteiger partial charge on any atom is -0.505 e. The van der Waals surface area contributed by atoms with Crippen molar-refractivity contribution in [2.75, 3.05) is 44.7 Å². The van der Waals surface area contributed by atoms with Crippen LogP contribution in [0, 0.1) is 0 Å². The molecule has 0 aliphatic carbocycles. The maximum atomic E-state index is 11.6.